The van der Waals surface area contributed by atoms with E-state index in [1.165, 1.54) is 18.4 Å². The molecule has 15 heavy (non-hydrogen) atoms. The molecule has 0 spiro atoms. The lowest BCUT2D eigenvalue weighted by molar-refractivity contribution is 0.370. The summed E-state index contributed by atoms with van der Waals surface area (Å²) < 4.78 is 0. The van der Waals surface area contributed by atoms with Crippen molar-refractivity contribution in [1.82, 2.24) is 5.32 Å². The molecule has 1 fully saturated rings. The Morgan fingerprint density at radius 2 is 1.87 bits per heavy atom. The first-order chi connectivity index (χ1) is 7.27. The van der Waals surface area contributed by atoms with E-state index < -0.39 is 0 Å². The summed E-state index contributed by atoms with van der Waals surface area (Å²) in [5.41, 5.74) is 1.39. The van der Waals surface area contributed by atoms with E-state index in [9.17, 15) is 0 Å². The zero-order valence-corrected chi connectivity index (χ0v) is 9.74. The second kappa shape index (κ2) is 4.80. The molecule has 1 nitrogen and oxygen atoms in total. The Labute approximate surface area is 92.9 Å². The van der Waals surface area contributed by atoms with E-state index in [-0.39, 0.29) is 0 Å². The largest absolute Gasteiger partial charge is 0.310 e. The van der Waals surface area contributed by atoms with Crippen LogP contribution in [-0.2, 0) is 6.54 Å². The summed E-state index contributed by atoms with van der Waals surface area (Å²) in [7, 11) is 0. The number of benzene rings is 1. The van der Waals surface area contributed by atoms with Gasteiger partial charge in [0, 0.05) is 12.6 Å². The topological polar surface area (TPSA) is 12.0 Å². The summed E-state index contributed by atoms with van der Waals surface area (Å²) in [6.07, 6.45) is 2.72. The zero-order chi connectivity index (χ0) is 10.7. The second-order valence-electron chi connectivity index (χ2n) is 4.89. The van der Waals surface area contributed by atoms with Crippen LogP contribution in [0.5, 0.6) is 0 Å². The van der Waals surface area contributed by atoms with Gasteiger partial charge in [-0.3, -0.25) is 0 Å². The fourth-order valence-corrected chi connectivity index (χ4v) is 2.50. The van der Waals surface area contributed by atoms with E-state index in [2.05, 4.69) is 49.5 Å². The van der Waals surface area contributed by atoms with Gasteiger partial charge in [0.05, 0.1) is 0 Å². The van der Waals surface area contributed by atoms with Crippen molar-refractivity contribution in [2.24, 2.45) is 11.8 Å². The van der Waals surface area contributed by atoms with Crippen LogP contribution >= 0.6 is 0 Å². The van der Waals surface area contributed by atoms with Crippen LogP contribution in [0.2, 0.25) is 0 Å². The van der Waals surface area contributed by atoms with Gasteiger partial charge < -0.3 is 5.32 Å². The molecule has 0 saturated heterocycles. The summed E-state index contributed by atoms with van der Waals surface area (Å²) in [6.45, 7) is 5.76. The third-order valence-corrected chi connectivity index (χ3v) is 3.88. The van der Waals surface area contributed by atoms with Crippen LogP contribution in [0.3, 0.4) is 0 Å². The number of hydrogen-bond acceptors (Lipinski definition) is 1. The standard InChI is InChI=1S/C14H21N/c1-11-8-9-14(12(11)2)15-10-13-6-4-3-5-7-13/h3-7,11-12,14-15H,8-10H2,1-2H3. The van der Waals surface area contributed by atoms with Gasteiger partial charge in [-0.1, -0.05) is 44.2 Å². The SMILES string of the molecule is CC1CCC(NCc2ccccc2)C1C. The highest BCUT2D eigenvalue weighted by Crippen LogP contribution is 2.31. The van der Waals surface area contributed by atoms with Crippen molar-refractivity contribution < 1.29 is 0 Å². The Bertz CT molecular complexity index is 293. The molecule has 0 aromatic heterocycles. The minimum Gasteiger partial charge on any atom is -0.310 e. The molecule has 1 aliphatic carbocycles. The Morgan fingerprint density at radius 3 is 2.47 bits per heavy atom. The Morgan fingerprint density at radius 1 is 1.13 bits per heavy atom. The number of nitrogens with one attached hydrogen (secondary N) is 1. The average molecular weight is 203 g/mol. The van der Waals surface area contributed by atoms with Gasteiger partial charge >= 0.3 is 0 Å². The molecular weight excluding hydrogens is 182 g/mol. The molecule has 1 saturated carbocycles. The van der Waals surface area contributed by atoms with Gasteiger partial charge in [0.15, 0.2) is 0 Å². The summed E-state index contributed by atoms with van der Waals surface area (Å²) >= 11 is 0. The number of hydrogen-bond donors (Lipinski definition) is 1. The molecule has 3 atom stereocenters. The minimum atomic E-state index is 0.722. The van der Waals surface area contributed by atoms with E-state index in [4.69, 9.17) is 0 Å². The fourth-order valence-electron chi connectivity index (χ4n) is 2.50. The second-order valence-corrected chi connectivity index (χ2v) is 4.89. The zero-order valence-electron chi connectivity index (χ0n) is 9.74. The molecule has 1 heteroatoms. The van der Waals surface area contributed by atoms with E-state index in [1.54, 1.807) is 0 Å². The Hall–Kier alpha value is -0.820. The molecule has 2 rings (SSSR count). The predicted octanol–water partition coefficient (Wildman–Crippen LogP) is 3.21. The molecule has 0 heterocycles. The van der Waals surface area contributed by atoms with Crippen LogP contribution in [0, 0.1) is 11.8 Å². The maximum atomic E-state index is 3.68. The predicted molar refractivity (Wildman–Crippen MR) is 64.6 cm³/mol. The quantitative estimate of drug-likeness (QED) is 0.795. The van der Waals surface area contributed by atoms with Crippen molar-refractivity contribution >= 4 is 0 Å². The molecule has 0 radical (unpaired) electrons. The molecule has 1 aliphatic rings. The van der Waals surface area contributed by atoms with Gasteiger partial charge in [0.25, 0.3) is 0 Å². The first-order valence-corrected chi connectivity index (χ1v) is 6.04. The summed E-state index contributed by atoms with van der Waals surface area (Å²) in [6, 6.07) is 11.4. The Balaban J connectivity index is 1.84. The van der Waals surface area contributed by atoms with Gasteiger partial charge in [-0.05, 0) is 30.2 Å². The van der Waals surface area contributed by atoms with E-state index in [0.717, 1.165) is 24.4 Å². The van der Waals surface area contributed by atoms with Crippen molar-refractivity contribution in [3.05, 3.63) is 35.9 Å². The van der Waals surface area contributed by atoms with Gasteiger partial charge in [0.1, 0.15) is 0 Å². The fraction of sp³-hybridized carbons (Fsp3) is 0.571. The lowest BCUT2D eigenvalue weighted by Crippen LogP contribution is -2.31. The average Bonchev–Trinajstić information content (AvgIpc) is 2.59. The minimum absolute atomic E-state index is 0.722. The first-order valence-electron chi connectivity index (χ1n) is 6.04. The first kappa shape index (κ1) is 10.7. The number of rotatable bonds is 3. The van der Waals surface area contributed by atoms with Crippen molar-refractivity contribution in [2.75, 3.05) is 0 Å². The van der Waals surface area contributed by atoms with Gasteiger partial charge in [-0.2, -0.15) is 0 Å². The maximum absolute atomic E-state index is 3.68. The molecule has 82 valence electrons. The molecule has 1 aromatic carbocycles. The van der Waals surface area contributed by atoms with Crippen LogP contribution in [0.25, 0.3) is 0 Å². The smallest absolute Gasteiger partial charge is 0.0208 e. The van der Waals surface area contributed by atoms with Gasteiger partial charge in [-0.25, -0.2) is 0 Å². The third kappa shape index (κ3) is 2.60. The van der Waals surface area contributed by atoms with Crippen LogP contribution in [0.4, 0.5) is 0 Å². The summed E-state index contributed by atoms with van der Waals surface area (Å²) in [4.78, 5) is 0. The highest BCUT2D eigenvalue weighted by Gasteiger charge is 2.28. The molecule has 0 aliphatic heterocycles. The lowest BCUT2D eigenvalue weighted by Gasteiger charge is -2.19. The van der Waals surface area contributed by atoms with E-state index in [0.29, 0.717) is 0 Å². The van der Waals surface area contributed by atoms with Crippen LogP contribution in [0.1, 0.15) is 32.3 Å². The molecule has 3 unspecified atom stereocenters. The molecule has 1 aromatic rings. The maximum Gasteiger partial charge on any atom is 0.0208 e. The molecular formula is C14H21N. The third-order valence-electron chi connectivity index (χ3n) is 3.88. The highest BCUT2D eigenvalue weighted by atomic mass is 14.9. The van der Waals surface area contributed by atoms with Gasteiger partial charge in [0.2, 0.25) is 0 Å². The summed E-state index contributed by atoms with van der Waals surface area (Å²) in [5, 5.41) is 3.68. The van der Waals surface area contributed by atoms with Crippen LogP contribution in [0.15, 0.2) is 30.3 Å². The van der Waals surface area contributed by atoms with Crippen molar-refractivity contribution in [2.45, 2.75) is 39.3 Å². The molecule has 0 amide bonds. The van der Waals surface area contributed by atoms with E-state index >= 15 is 0 Å². The van der Waals surface area contributed by atoms with Gasteiger partial charge in [-0.15, -0.1) is 0 Å². The monoisotopic (exact) mass is 203 g/mol. The van der Waals surface area contributed by atoms with Crippen molar-refractivity contribution in [3.63, 3.8) is 0 Å². The van der Waals surface area contributed by atoms with Crippen molar-refractivity contribution in [1.29, 1.82) is 0 Å². The summed E-state index contributed by atoms with van der Waals surface area (Å²) in [5.74, 6) is 1.71. The van der Waals surface area contributed by atoms with E-state index in [1.807, 2.05) is 0 Å². The van der Waals surface area contributed by atoms with Crippen LogP contribution in [-0.4, -0.2) is 6.04 Å². The lowest BCUT2D eigenvalue weighted by atomic mass is 9.98. The molecule has 1 N–H and O–H groups in total. The van der Waals surface area contributed by atoms with Crippen molar-refractivity contribution in [3.8, 4) is 0 Å². The normalized spacial score (nSPS) is 30.7. The Kier molecular flexibility index (Phi) is 3.42. The van der Waals surface area contributed by atoms with Crippen LogP contribution < -0.4 is 5.32 Å². The molecule has 0 bridgehead atoms. The highest BCUT2D eigenvalue weighted by molar-refractivity contribution is 5.14.